The largest absolute Gasteiger partial charge is 0.495 e. The average molecular weight is 352 g/mol. The van der Waals surface area contributed by atoms with Gasteiger partial charge in [-0.15, -0.1) is 0 Å². The van der Waals surface area contributed by atoms with Gasteiger partial charge in [0.15, 0.2) is 0 Å². The van der Waals surface area contributed by atoms with Crippen LogP contribution in [-0.2, 0) is 11.3 Å². The van der Waals surface area contributed by atoms with Gasteiger partial charge in [0.1, 0.15) is 12.3 Å². The Morgan fingerprint density at radius 2 is 2.14 bits per heavy atom. The normalized spacial score (nSPS) is 10.2. The van der Waals surface area contributed by atoms with E-state index < -0.39 is 0 Å². The number of hydrogen-bond acceptors (Lipinski definition) is 4. The zero-order valence-electron chi connectivity index (χ0n) is 11.3. The first kappa shape index (κ1) is 15.1. The number of carbonyl (C=O) groups is 1. The summed E-state index contributed by atoms with van der Waals surface area (Å²) >= 11 is 3.32. The minimum Gasteiger partial charge on any atom is -0.495 e. The molecule has 0 atom stereocenters. The topological polar surface area (TPSA) is 86.3 Å². The minimum atomic E-state index is -0.348. The Kier molecular flexibility index (Phi) is 4.64. The molecule has 0 bridgehead atoms. The van der Waals surface area contributed by atoms with Crippen LogP contribution in [0.15, 0.2) is 45.8 Å². The smallest absolute Gasteiger partial charge is 0.251 e. The number of methoxy groups -OCH3 is 1. The van der Waals surface area contributed by atoms with Gasteiger partial charge in [0, 0.05) is 22.4 Å². The number of pyridine rings is 1. The lowest BCUT2D eigenvalue weighted by atomic mass is 10.3. The highest BCUT2D eigenvalue weighted by Crippen LogP contribution is 2.27. The summed E-state index contributed by atoms with van der Waals surface area (Å²) in [7, 11) is 1.52. The molecule has 0 aliphatic carbocycles. The molecule has 21 heavy (non-hydrogen) atoms. The standard InChI is InChI=1S/C14H14BrN3O3/c1-21-12-4-2-9(15)6-11(12)17-13(19)8-18-7-10(16)3-5-14(18)20/h2-7H,8,16H2,1H3,(H,17,19). The number of nitrogen functional groups attached to an aromatic ring is 1. The van der Waals surface area contributed by atoms with Crippen LogP contribution >= 0.6 is 15.9 Å². The second-order valence-corrected chi connectivity index (χ2v) is 5.24. The third-order valence-electron chi connectivity index (χ3n) is 2.76. The van der Waals surface area contributed by atoms with Gasteiger partial charge >= 0.3 is 0 Å². The highest BCUT2D eigenvalue weighted by atomic mass is 79.9. The van der Waals surface area contributed by atoms with E-state index in [1.54, 1.807) is 18.2 Å². The number of nitrogens with one attached hydrogen (secondary N) is 1. The Labute approximate surface area is 129 Å². The number of ether oxygens (including phenoxy) is 1. The summed E-state index contributed by atoms with van der Waals surface area (Å²) in [5, 5.41) is 2.70. The van der Waals surface area contributed by atoms with E-state index in [0.717, 1.165) is 4.47 Å². The van der Waals surface area contributed by atoms with Crippen molar-refractivity contribution in [2.45, 2.75) is 6.54 Å². The monoisotopic (exact) mass is 351 g/mol. The molecule has 6 nitrogen and oxygen atoms in total. The van der Waals surface area contributed by atoms with Gasteiger partial charge in [0.2, 0.25) is 5.91 Å². The van der Waals surface area contributed by atoms with Crippen LogP contribution in [0.1, 0.15) is 0 Å². The Hall–Kier alpha value is -2.28. The second-order valence-electron chi connectivity index (χ2n) is 4.32. The van der Waals surface area contributed by atoms with Crippen LogP contribution in [0, 0.1) is 0 Å². The molecule has 3 N–H and O–H groups in total. The Morgan fingerprint density at radius 1 is 1.38 bits per heavy atom. The van der Waals surface area contributed by atoms with E-state index in [1.165, 1.54) is 30.0 Å². The van der Waals surface area contributed by atoms with E-state index in [1.807, 2.05) is 0 Å². The number of anilines is 2. The average Bonchev–Trinajstić information content (AvgIpc) is 2.43. The lowest BCUT2D eigenvalue weighted by molar-refractivity contribution is -0.116. The van der Waals surface area contributed by atoms with Gasteiger partial charge < -0.3 is 20.4 Å². The Bertz CT molecular complexity index is 728. The number of rotatable bonds is 4. The highest BCUT2D eigenvalue weighted by Gasteiger charge is 2.09. The first-order chi connectivity index (χ1) is 9.99. The molecule has 0 fully saturated rings. The highest BCUT2D eigenvalue weighted by molar-refractivity contribution is 9.10. The third kappa shape index (κ3) is 3.85. The number of nitrogens with zero attached hydrogens (tertiary/aromatic N) is 1. The van der Waals surface area contributed by atoms with Crippen LogP contribution in [0.5, 0.6) is 5.75 Å². The molecular formula is C14H14BrN3O3. The van der Waals surface area contributed by atoms with Crippen molar-refractivity contribution in [1.82, 2.24) is 4.57 Å². The van der Waals surface area contributed by atoms with Gasteiger partial charge in [-0.05, 0) is 24.3 Å². The van der Waals surface area contributed by atoms with Crippen molar-refractivity contribution < 1.29 is 9.53 Å². The first-order valence-corrected chi connectivity index (χ1v) is 6.88. The zero-order chi connectivity index (χ0) is 15.4. The van der Waals surface area contributed by atoms with Crippen molar-refractivity contribution >= 4 is 33.2 Å². The van der Waals surface area contributed by atoms with E-state index in [9.17, 15) is 9.59 Å². The molecule has 0 unspecified atom stereocenters. The quantitative estimate of drug-likeness (QED) is 0.879. The summed E-state index contributed by atoms with van der Waals surface area (Å²) in [5.41, 5.74) is 6.25. The summed E-state index contributed by atoms with van der Waals surface area (Å²) in [6.07, 6.45) is 1.43. The molecule has 0 saturated heterocycles. The van der Waals surface area contributed by atoms with E-state index in [2.05, 4.69) is 21.2 Å². The van der Waals surface area contributed by atoms with E-state index in [4.69, 9.17) is 10.5 Å². The van der Waals surface area contributed by atoms with Gasteiger partial charge in [-0.25, -0.2) is 0 Å². The van der Waals surface area contributed by atoms with Gasteiger partial charge in [-0.2, -0.15) is 0 Å². The number of benzene rings is 1. The molecule has 0 aliphatic rings. The Balaban J connectivity index is 2.17. The maximum Gasteiger partial charge on any atom is 0.251 e. The van der Waals surface area contributed by atoms with Crippen LogP contribution in [0.3, 0.4) is 0 Å². The van der Waals surface area contributed by atoms with Gasteiger partial charge in [-0.3, -0.25) is 9.59 Å². The lowest BCUT2D eigenvalue weighted by Crippen LogP contribution is -2.27. The predicted octanol–water partition coefficient (Wildman–Crippen LogP) is 1.84. The number of hydrogen-bond donors (Lipinski definition) is 2. The van der Waals surface area contributed by atoms with E-state index in [0.29, 0.717) is 17.1 Å². The molecular weight excluding hydrogens is 338 g/mol. The SMILES string of the molecule is COc1ccc(Br)cc1NC(=O)Cn1cc(N)ccc1=O. The van der Waals surface area contributed by atoms with Crippen molar-refractivity contribution in [1.29, 1.82) is 0 Å². The van der Waals surface area contributed by atoms with Crippen LogP contribution in [0.2, 0.25) is 0 Å². The van der Waals surface area contributed by atoms with Crippen LogP contribution in [0.25, 0.3) is 0 Å². The molecule has 0 aliphatic heterocycles. The molecule has 7 heteroatoms. The summed E-state index contributed by atoms with van der Waals surface area (Å²) in [6.45, 7) is -0.125. The number of halogens is 1. The fourth-order valence-corrected chi connectivity index (χ4v) is 2.16. The number of carbonyl (C=O) groups excluding carboxylic acids is 1. The second kappa shape index (κ2) is 6.45. The zero-order valence-corrected chi connectivity index (χ0v) is 12.9. The molecule has 1 amide bonds. The molecule has 0 radical (unpaired) electrons. The van der Waals surface area contributed by atoms with Gasteiger partial charge in [0.25, 0.3) is 5.56 Å². The fraction of sp³-hybridized carbons (Fsp3) is 0.143. The maximum absolute atomic E-state index is 12.0. The van der Waals surface area contributed by atoms with Crippen molar-refractivity contribution in [2.75, 3.05) is 18.2 Å². The fourth-order valence-electron chi connectivity index (χ4n) is 1.80. The number of amides is 1. The van der Waals surface area contributed by atoms with Crippen molar-refractivity contribution in [3.8, 4) is 5.75 Å². The minimum absolute atomic E-state index is 0.125. The molecule has 0 spiro atoms. The molecule has 1 heterocycles. The molecule has 2 rings (SSSR count). The first-order valence-electron chi connectivity index (χ1n) is 6.09. The van der Waals surface area contributed by atoms with Gasteiger partial charge in [0.05, 0.1) is 12.8 Å². The maximum atomic E-state index is 12.0. The summed E-state index contributed by atoms with van der Waals surface area (Å²) < 4.78 is 7.22. The van der Waals surface area contributed by atoms with E-state index >= 15 is 0 Å². The predicted molar refractivity (Wildman–Crippen MR) is 84.4 cm³/mol. The Morgan fingerprint density at radius 3 is 2.86 bits per heavy atom. The van der Waals surface area contributed by atoms with Crippen molar-refractivity contribution in [3.63, 3.8) is 0 Å². The third-order valence-corrected chi connectivity index (χ3v) is 3.25. The van der Waals surface area contributed by atoms with E-state index in [-0.39, 0.29) is 18.0 Å². The van der Waals surface area contributed by atoms with Crippen molar-refractivity contribution in [2.24, 2.45) is 0 Å². The molecule has 110 valence electrons. The van der Waals surface area contributed by atoms with Crippen LogP contribution in [-0.4, -0.2) is 17.6 Å². The summed E-state index contributed by atoms with van der Waals surface area (Å²) in [4.78, 5) is 23.7. The lowest BCUT2D eigenvalue weighted by Gasteiger charge is -2.11. The summed E-state index contributed by atoms with van der Waals surface area (Å²) in [6, 6.07) is 8.07. The molecule has 1 aromatic carbocycles. The van der Waals surface area contributed by atoms with Crippen molar-refractivity contribution in [3.05, 3.63) is 51.4 Å². The van der Waals surface area contributed by atoms with Gasteiger partial charge in [-0.1, -0.05) is 15.9 Å². The van der Waals surface area contributed by atoms with Crippen LogP contribution in [0.4, 0.5) is 11.4 Å². The summed E-state index contributed by atoms with van der Waals surface area (Å²) in [5.74, 6) is 0.186. The van der Waals surface area contributed by atoms with Crippen LogP contribution < -0.4 is 21.3 Å². The number of aromatic nitrogens is 1. The molecule has 2 aromatic rings. The number of nitrogens with two attached hydrogens (primary N) is 1. The molecule has 0 saturated carbocycles. The molecule has 1 aromatic heterocycles.